The number of nitrogens with zero attached hydrogens (tertiary/aromatic N) is 4. The number of amides is 1. The van der Waals surface area contributed by atoms with Crippen molar-refractivity contribution in [3.63, 3.8) is 0 Å². The minimum atomic E-state index is -0.313. The van der Waals surface area contributed by atoms with Crippen LogP contribution >= 0.6 is 11.8 Å². The Balaban J connectivity index is 1.61. The van der Waals surface area contributed by atoms with Gasteiger partial charge in [0.1, 0.15) is 5.75 Å². The molecule has 2 heterocycles. The highest BCUT2D eigenvalue weighted by molar-refractivity contribution is 8.00. The number of thioether (sulfide) groups is 1. The number of allylic oxidation sites excluding steroid dienone is 1. The smallest absolute Gasteiger partial charge is 0.240 e. The van der Waals surface area contributed by atoms with E-state index in [4.69, 9.17) is 4.74 Å². The zero-order valence-corrected chi connectivity index (χ0v) is 18.8. The summed E-state index contributed by atoms with van der Waals surface area (Å²) in [7, 11) is 1.64. The maximum Gasteiger partial charge on any atom is 0.240 e. The summed E-state index contributed by atoms with van der Waals surface area (Å²) in [6, 6.07) is 16.0. The van der Waals surface area contributed by atoms with Gasteiger partial charge in [-0.1, -0.05) is 48.2 Å². The number of benzene rings is 2. The predicted molar refractivity (Wildman–Crippen MR) is 125 cm³/mol. The molecule has 0 bridgehead atoms. The topological polar surface area (TPSA) is 60.2 Å². The van der Waals surface area contributed by atoms with Crippen LogP contribution in [0, 0.1) is 0 Å². The van der Waals surface area contributed by atoms with E-state index in [0.29, 0.717) is 17.5 Å². The maximum absolute atomic E-state index is 13.4. The standard InChI is InChI=1S/C24H26N4O2S/c1-5-14-27-22(19-11-7-9-13-21(19)30-4)25-26-24(27)31-17(3)23(29)28-16(2)15-18-10-6-8-12-20(18)28/h5-13,16-17H,1,14-15H2,2-4H3/t16-,17-/m0/s1. The summed E-state index contributed by atoms with van der Waals surface area (Å²) in [6.07, 6.45) is 2.68. The molecule has 1 aliphatic heterocycles. The number of ether oxygens (including phenoxy) is 1. The first-order valence-electron chi connectivity index (χ1n) is 10.3. The van der Waals surface area contributed by atoms with Gasteiger partial charge >= 0.3 is 0 Å². The molecule has 0 N–H and O–H groups in total. The van der Waals surface area contributed by atoms with Gasteiger partial charge in [-0.3, -0.25) is 9.36 Å². The molecule has 31 heavy (non-hydrogen) atoms. The third-order valence-corrected chi connectivity index (χ3v) is 6.52. The second kappa shape index (κ2) is 8.98. The summed E-state index contributed by atoms with van der Waals surface area (Å²) in [6.45, 7) is 8.43. The molecular weight excluding hydrogens is 408 g/mol. The Morgan fingerprint density at radius 1 is 1.26 bits per heavy atom. The van der Waals surface area contributed by atoms with Crippen LogP contribution in [0.4, 0.5) is 5.69 Å². The molecule has 1 amide bonds. The van der Waals surface area contributed by atoms with Gasteiger partial charge in [0, 0.05) is 18.3 Å². The number of methoxy groups -OCH3 is 1. The van der Waals surface area contributed by atoms with E-state index in [0.717, 1.165) is 23.4 Å². The van der Waals surface area contributed by atoms with E-state index < -0.39 is 0 Å². The first-order chi connectivity index (χ1) is 15.0. The number of para-hydroxylation sites is 2. The largest absolute Gasteiger partial charge is 0.496 e. The Labute approximate surface area is 186 Å². The van der Waals surface area contributed by atoms with E-state index in [1.54, 1.807) is 13.2 Å². The summed E-state index contributed by atoms with van der Waals surface area (Å²) >= 11 is 1.42. The molecule has 1 aromatic heterocycles. The lowest BCUT2D eigenvalue weighted by atomic mass is 10.1. The fourth-order valence-corrected chi connectivity index (χ4v) is 4.91. The van der Waals surface area contributed by atoms with Gasteiger partial charge in [-0.05, 0) is 44.0 Å². The molecule has 160 valence electrons. The fourth-order valence-electron chi connectivity index (χ4n) is 4.00. The van der Waals surface area contributed by atoms with E-state index in [9.17, 15) is 4.79 Å². The summed E-state index contributed by atoms with van der Waals surface area (Å²) < 4.78 is 7.47. The Hall–Kier alpha value is -3.06. The average Bonchev–Trinajstić information content (AvgIpc) is 3.33. The summed E-state index contributed by atoms with van der Waals surface area (Å²) in [5.74, 6) is 1.50. The van der Waals surface area contributed by atoms with Crippen LogP contribution in [0.3, 0.4) is 0 Å². The van der Waals surface area contributed by atoms with Crippen molar-refractivity contribution >= 4 is 23.4 Å². The quantitative estimate of drug-likeness (QED) is 0.402. The Morgan fingerprint density at radius 3 is 2.77 bits per heavy atom. The SMILES string of the molecule is C=CCn1c(S[C@@H](C)C(=O)N2c3ccccc3C[C@@H]2C)nnc1-c1ccccc1OC. The normalized spacial score (nSPS) is 16.1. The molecule has 6 nitrogen and oxygen atoms in total. The van der Waals surface area contributed by atoms with Gasteiger partial charge in [-0.15, -0.1) is 16.8 Å². The van der Waals surface area contributed by atoms with Crippen LogP contribution < -0.4 is 9.64 Å². The van der Waals surface area contributed by atoms with E-state index in [-0.39, 0.29) is 17.2 Å². The number of fused-ring (bicyclic) bond motifs is 1. The predicted octanol–water partition coefficient (Wildman–Crippen LogP) is 4.60. The summed E-state index contributed by atoms with van der Waals surface area (Å²) in [5, 5.41) is 9.18. The van der Waals surface area contributed by atoms with Gasteiger partial charge in [0.2, 0.25) is 5.91 Å². The van der Waals surface area contributed by atoms with Crippen LogP contribution in [0.2, 0.25) is 0 Å². The summed E-state index contributed by atoms with van der Waals surface area (Å²) in [5.41, 5.74) is 3.08. The lowest BCUT2D eigenvalue weighted by Crippen LogP contribution is -2.40. The van der Waals surface area contributed by atoms with Gasteiger partial charge in [0.05, 0.1) is 17.9 Å². The van der Waals surface area contributed by atoms with Crippen LogP contribution in [-0.4, -0.2) is 39.1 Å². The van der Waals surface area contributed by atoms with Crippen molar-refractivity contribution in [2.75, 3.05) is 12.0 Å². The van der Waals surface area contributed by atoms with Gasteiger partial charge in [-0.25, -0.2) is 0 Å². The van der Waals surface area contributed by atoms with Crippen molar-refractivity contribution in [3.8, 4) is 17.1 Å². The lowest BCUT2D eigenvalue weighted by molar-refractivity contribution is -0.118. The Bertz CT molecular complexity index is 1110. The number of aromatic nitrogens is 3. The highest BCUT2D eigenvalue weighted by Gasteiger charge is 2.34. The molecule has 1 aliphatic rings. The molecule has 0 saturated heterocycles. The minimum Gasteiger partial charge on any atom is -0.496 e. The van der Waals surface area contributed by atoms with E-state index in [1.165, 1.54) is 17.3 Å². The summed E-state index contributed by atoms with van der Waals surface area (Å²) in [4.78, 5) is 15.3. The first kappa shape index (κ1) is 21.2. The molecular formula is C24H26N4O2S. The van der Waals surface area contributed by atoms with Gasteiger partial charge < -0.3 is 9.64 Å². The molecule has 0 radical (unpaired) electrons. The molecule has 4 rings (SSSR count). The molecule has 0 saturated carbocycles. The van der Waals surface area contributed by atoms with Gasteiger partial charge in [0.15, 0.2) is 11.0 Å². The number of hydrogen-bond donors (Lipinski definition) is 0. The van der Waals surface area contributed by atoms with Crippen LogP contribution in [0.25, 0.3) is 11.4 Å². The second-order valence-electron chi connectivity index (χ2n) is 7.56. The number of carbonyl (C=O) groups excluding carboxylic acids is 1. The molecule has 0 unspecified atom stereocenters. The number of rotatable bonds is 7. The monoisotopic (exact) mass is 434 g/mol. The third kappa shape index (κ3) is 3.97. The van der Waals surface area contributed by atoms with E-state index in [2.05, 4.69) is 29.8 Å². The first-order valence-corrected chi connectivity index (χ1v) is 11.2. The Kier molecular flexibility index (Phi) is 6.13. The fraction of sp³-hybridized carbons (Fsp3) is 0.292. The van der Waals surface area contributed by atoms with Crippen LogP contribution in [-0.2, 0) is 17.8 Å². The molecule has 0 fully saturated rings. The van der Waals surface area contributed by atoms with Crippen LogP contribution in [0.15, 0.2) is 66.3 Å². The van der Waals surface area contributed by atoms with Crippen LogP contribution in [0.5, 0.6) is 5.75 Å². The van der Waals surface area contributed by atoms with Crippen molar-refractivity contribution in [1.29, 1.82) is 0 Å². The highest BCUT2D eigenvalue weighted by Crippen LogP contribution is 2.36. The molecule has 2 aromatic carbocycles. The zero-order chi connectivity index (χ0) is 22.0. The Morgan fingerprint density at radius 2 is 2.00 bits per heavy atom. The molecule has 2 atom stereocenters. The van der Waals surface area contributed by atoms with Gasteiger partial charge in [0.25, 0.3) is 0 Å². The van der Waals surface area contributed by atoms with Crippen molar-refractivity contribution in [3.05, 3.63) is 66.7 Å². The number of carbonyl (C=O) groups is 1. The molecule has 3 aromatic rings. The lowest BCUT2D eigenvalue weighted by Gasteiger charge is -2.25. The highest BCUT2D eigenvalue weighted by atomic mass is 32.2. The van der Waals surface area contributed by atoms with Gasteiger partial charge in [-0.2, -0.15) is 0 Å². The second-order valence-corrected chi connectivity index (χ2v) is 8.86. The van der Waals surface area contributed by atoms with Crippen molar-refractivity contribution in [2.24, 2.45) is 0 Å². The maximum atomic E-state index is 13.4. The van der Waals surface area contributed by atoms with Crippen LogP contribution in [0.1, 0.15) is 19.4 Å². The average molecular weight is 435 g/mol. The molecule has 0 aliphatic carbocycles. The van der Waals surface area contributed by atoms with E-state index >= 15 is 0 Å². The van der Waals surface area contributed by atoms with Crippen molar-refractivity contribution in [1.82, 2.24) is 14.8 Å². The minimum absolute atomic E-state index is 0.0782. The number of anilines is 1. The number of hydrogen-bond acceptors (Lipinski definition) is 5. The third-order valence-electron chi connectivity index (χ3n) is 5.45. The molecule has 7 heteroatoms. The van der Waals surface area contributed by atoms with Crippen molar-refractivity contribution < 1.29 is 9.53 Å². The molecule has 0 spiro atoms. The van der Waals surface area contributed by atoms with Crippen molar-refractivity contribution in [2.45, 2.75) is 43.3 Å². The van der Waals surface area contributed by atoms with E-state index in [1.807, 2.05) is 58.9 Å². The zero-order valence-electron chi connectivity index (χ0n) is 18.0.